The van der Waals surface area contributed by atoms with Crippen LogP contribution in [0.5, 0.6) is 5.75 Å². The number of carbonyl (C=O) groups excluding carboxylic acids is 3. The summed E-state index contributed by atoms with van der Waals surface area (Å²) in [7, 11) is 1.53. The summed E-state index contributed by atoms with van der Waals surface area (Å²) in [5.74, 6) is -1.72. The van der Waals surface area contributed by atoms with Gasteiger partial charge in [0.1, 0.15) is 11.4 Å². The Morgan fingerprint density at radius 1 is 0.943 bits per heavy atom. The van der Waals surface area contributed by atoms with Gasteiger partial charge in [-0.25, -0.2) is 4.68 Å². The molecule has 0 fully saturated rings. The third-order valence-corrected chi connectivity index (χ3v) is 6.18. The fraction of sp³-hybridized carbons (Fsp3) is 0.0800. The summed E-state index contributed by atoms with van der Waals surface area (Å²) in [5, 5.41) is 6.53. The van der Waals surface area contributed by atoms with E-state index in [-0.39, 0.29) is 5.69 Å². The number of halogens is 2. The van der Waals surface area contributed by atoms with Crippen LogP contribution in [-0.4, -0.2) is 29.5 Å². The molecule has 3 aromatic carbocycles. The highest BCUT2D eigenvalue weighted by molar-refractivity contribution is 9.10. The monoisotopic (exact) mass is 554 g/mol. The molecule has 0 bridgehead atoms. The van der Waals surface area contributed by atoms with Crippen molar-refractivity contribution in [3.8, 4) is 5.75 Å². The third-order valence-electron chi connectivity index (χ3n) is 5.28. The molecule has 0 atom stereocenters. The molecule has 3 N–H and O–H groups in total. The summed E-state index contributed by atoms with van der Waals surface area (Å²) in [4.78, 5) is 38.5. The van der Waals surface area contributed by atoms with Crippen molar-refractivity contribution in [1.29, 1.82) is 0 Å². The van der Waals surface area contributed by atoms with Crippen molar-refractivity contribution < 1.29 is 19.1 Å². The van der Waals surface area contributed by atoms with E-state index in [1.54, 1.807) is 73.7 Å². The number of ether oxygens (including phenoxy) is 1. The quantitative estimate of drug-likeness (QED) is 0.290. The van der Waals surface area contributed by atoms with Crippen LogP contribution in [0.3, 0.4) is 0 Å². The molecule has 3 amide bonds. The standard InChI is InChI=1S/C25H20BrClN4O4/c1-14-19(27)4-3-5-20(14)29-23(32)22-13-15-12-16(26)6-11-21(15)31(22)30-25(34)24(33)28-17-7-9-18(35-2)10-8-17/h3-13H,1-2H3,(H,28,33)(H,29,32)(H,30,34). The second kappa shape index (κ2) is 10.2. The fourth-order valence-corrected chi connectivity index (χ4v) is 3.97. The van der Waals surface area contributed by atoms with Gasteiger partial charge in [-0.3, -0.25) is 19.8 Å². The summed E-state index contributed by atoms with van der Waals surface area (Å²) in [6, 6.07) is 18.6. The number of benzene rings is 3. The highest BCUT2D eigenvalue weighted by Gasteiger charge is 2.22. The van der Waals surface area contributed by atoms with Crippen molar-refractivity contribution in [1.82, 2.24) is 4.68 Å². The summed E-state index contributed by atoms with van der Waals surface area (Å²) >= 11 is 9.58. The van der Waals surface area contributed by atoms with E-state index < -0.39 is 17.7 Å². The zero-order chi connectivity index (χ0) is 25.1. The van der Waals surface area contributed by atoms with Crippen molar-refractivity contribution in [2.24, 2.45) is 0 Å². The molecule has 0 radical (unpaired) electrons. The summed E-state index contributed by atoms with van der Waals surface area (Å²) < 4.78 is 7.17. The highest BCUT2D eigenvalue weighted by Crippen LogP contribution is 2.26. The van der Waals surface area contributed by atoms with Gasteiger partial charge in [-0.2, -0.15) is 0 Å². The lowest BCUT2D eigenvalue weighted by Crippen LogP contribution is -2.36. The van der Waals surface area contributed by atoms with E-state index in [9.17, 15) is 14.4 Å². The first-order valence-electron chi connectivity index (χ1n) is 10.4. The number of amides is 3. The second-order valence-corrected chi connectivity index (χ2v) is 8.88. The fourth-order valence-electron chi connectivity index (χ4n) is 3.42. The van der Waals surface area contributed by atoms with Gasteiger partial charge in [-0.1, -0.05) is 33.6 Å². The molecule has 4 rings (SSSR count). The first-order valence-corrected chi connectivity index (χ1v) is 11.6. The van der Waals surface area contributed by atoms with E-state index in [0.717, 1.165) is 4.47 Å². The molecule has 4 aromatic rings. The van der Waals surface area contributed by atoms with Crippen molar-refractivity contribution in [2.75, 3.05) is 23.2 Å². The van der Waals surface area contributed by atoms with Crippen molar-refractivity contribution in [3.63, 3.8) is 0 Å². The van der Waals surface area contributed by atoms with Gasteiger partial charge in [0.15, 0.2) is 0 Å². The smallest absolute Gasteiger partial charge is 0.328 e. The first-order chi connectivity index (χ1) is 16.8. The van der Waals surface area contributed by atoms with E-state index >= 15 is 0 Å². The number of nitrogens with zero attached hydrogens (tertiary/aromatic N) is 1. The Hall–Kier alpha value is -3.82. The highest BCUT2D eigenvalue weighted by atomic mass is 79.9. The Balaban J connectivity index is 1.62. The van der Waals surface area contributed by atoms with Crippen LogP contribution in [-0.2, 0) is 9.59 Å². The molecule has 1 heterocycles. The predicted octanol–water partition coefficient (Wildman–Crippen LogP) is 5.34. The second-order valence-electron chi connectivity index (χ2n) is 7.56. The van der Waals surface area contributed by atoms with Crippen molar-refractivity contribution >= 4 is 67.5 Å². The largest absolute Gasteiger partial charge is 0.497 e. The third kappa shape index (κ3) is 5.31. The van der Waals surface area contributed by atoms with E-state index in [1.807, 2.05) is 0 Å². The summed E-state index contributed by atoms with van der Waals surface area (Å²) in [6.45, 7) is 1.79. The van der Waals surface area contributed by atoms with Gasteiger partial charge in [0.05, 0.1) is 12.6 Å². The predicted molar refractivity (Wildman–Crippen MR) is 140 cm³/mol. The molecule has 0 aliphatic rings. The lowest BCUT2D eigenvalue weighted by atomic mass is 10.2. The number of anilines is 2. The van der Waals surface area contributed by atoms with Crippen LogP contribution < -0.4 is 20.8 Å². The molecule has 0 saturated carbocycles. The number of fused-ring (bicyclic) bond motifs is 1. The molecule has 178 valence electrons. The van der Waals surface area contributed by atoms with Crippen LogP contribution in [0.25, 0.3) is 10.9 Å². The maximum atomic E-state index is 13.2. The number of rotatable bonds is 5. The Bertz CT molecular complexity index is 1450. The molecule has 0 spiro atoms. The molecule has 10 heteroatoms. The zero-order valence-electron chi connectivity index (χ0n) is 18.7. The topological polar surface area (TPSA) is 101 Å². The molecule has 0 saturated heterocycles. The first kappa shape index (κ1) is 24.3. The van der Waals surface area contributed by atoms with Gasteiger partial charge in [0.2, 0.25) is 0 Å². The Morgan fingerprint density at radius 3 is 2.40 bits per heavy atom. The van der Waals surface area contributed by atoms with E-state index in [4.69, 9.17) is 16.3 Å². The maximum absolute atomic E-state index is 13.2. The zero-order valence-corrected chi connectivity index (χ0v) is 21.0. The van der Waals surface area contributed by atoms with Crippen LogP contribution in [0.15, 0.2) is 71.2 Å². The normalized spacial score (nSPS) is 10.6. The minimum Gasteiger partial charge on any atom is -0.497 e. The van der Waals surface area contributed by atoms with Gasteiger partial charge in [0.25, 0.3) is 5.91 Å². The molecule has 0 unspecified atom stereocenters. The molecule has 0 aliphatic heterocycles. The Labute approximate surface area is 214 Å². The van der Waals surface area contributed by atoms with Crippen LogP contribution in [0.4, 0.5) is 11.4 Å². The molecule has 35 heavy (non-hydrogen) atoms. The molecule has 0 aliphatic carbocycles. The number of aromatic nitrogens is 1. The number of carbonyl (C=O) groups is 3. The molecule has 1 aromatic heterocycles. The van der Waals surface area contributed by atoms with Crippen molar-refractivity contribution in [3.05, 3.63) is 87.5 Å². The Morgan fingerprint density at radius 2 is 1.69 bits per heavy atom. The van der Waals surface area contributed by atoms with Crippen LogP contribution in [0, 0.1) is 6.92 Å². The van der Waals surface area contributed by atoms with Crippen LogP contribution >= 0.6 is 27.5 Å². The number of hydrogen-bond donors (Lipinski definition) is 3. The van der Waals surface area contributed by atoms with Gasteiger partial charge < -0.3 is 15.4 Å². The molecule has 8 nitrogen and oxygen atoms in total. The van der Waals surface area contributed by atoms with E-state index in [2.05, 4.69) is 32.0 Å². The number of hydrogen-bond acceptors (Lipinski definition) is 4. The van der Waals surface area contributed by atoms with E-state index in [1.165, 1.54) is 11.8 Å². The summed E-state index contributed by atoms with van der Waals surface area (Å²) in [5.41, 5.74) is 4.84. The average Bonchev–Trinajstić information content (AvgIpc) is 3.19. The van der Waals surface area contributed by atoms with E-state index in [0.29, 0.717) is 38.6 Å². The van der Waals surface area contributed by atoms with Gasteiger partial charge in [0, 0.05) is 26.3 Å². The minimum absolute atomic E-state index is 0.128. The van der Waals surface area contributed by atoms with Gasteiger partial charge in [-0.15, -0.1) is 0 Å². The number of nitrogens with one attached hydrogen (secondary N) is 3. The minimum atomic E-state index is -0.950. The maximum Gasteiger partial charge on any atom is 0.328 e. The van der Waals surface area contributed by atoms with Crippen LogP contribution in [0.1, 0.15) is 16.1 Å². The number of methoxy groups -OCH3 is 1. The van der Waals surface area contributed by atoms with Gasteiger partial charge in [-0.05, 0) is 73.2 Å². The summed E-state index contributed by atoms with van der Waals surface area (Å²) in [6.07, 6.45) is 0. The Kier molecular flexibility index (Phi) is 7.09. The van der Waals surface area contributed by atoms with Gasteiger partial charge >= 0.3 is 11.8 Å². The molecular weight excluding hydrogens is 536 g/mol. The SMILES string of the molecule is COc1ccc(NC(=O)C(=O)Nn2c(C(=O)Nc3cccc(Cl)c3C)cc3cc(Br)ccc32)cc1. The molecular formula is C25H20BrClN4O4. The van der Waals surface area contributed by atoms with Crippen molar-refractivity contribution in [2.45, 2.75) is 6.92 Å². The lowest BCUT2D eigenvalue weighted by molar-refractivity contribution is -0.133. The van der Waals surface area contributed by atoms with Crippen LogP contribution in [0.2, 0.25) is 5.02 Å². The average molecular weight is 556 g/mol. The lowest BCUT2D eigenvalue weighted by Gasteiger charge is -2.14.